The van der Waals surface area contributed by atoms with Gasteiger partial charge in [0, 0.05) is 24.7 Å². The number of ether oxygens (including phenoxy) is 13. The molecule has 1 aromatic rings. The Bertz CT molecular complexity index is 2850. The molecule has 10 rings (SSSR count). The zero-order valence-corrected chi connectivity index (χ0v) is 54.8. The van der Waals surface area contributed by atoms with Gasteiger partial charge in [0.25, 0.3) is 0 Å². The van der Waals surface area contributed by atoms with Crippen molar-refractivity contribution in [2.45, 2.75) is 258 Å². The van der Waals surface area contributed by atoms with E-state index in [-0.39, 0.29) is 59.4 Å². The molecule has 31 nitrogen and oxygen atoms in total. The van der Waals surface area contributed by atoms with E-state index in [4.69, 9.17) is 61.6 Å². The largest absolute Gasteiger partial charge is 0.504 e. The summed E-state index contributed by atoms with van der Waals surface area (Å²) >= 11 is 0. The Hall–Kier alpha value is -3.79. The van der Waals surface area contributed by atoms with Crippen molar-refractivity contribution < 1.29 is 153 Å². The highest BCUT2D eigenvalue weighted by Crippen LogP contribution is 2.69. The second kappa shape index (κ2) is 30.4. The summed E-state index contributed by atoms with van der Waals surface area (Å²) < 4.78 is 76.9. The zero-order chi connectivity index (χ0) is 69.8. The van der Waals surface area contributed by atoms with E-state index in [0.29, 0.717) is 44.9 Å². The van der Waals surface area contributed by atoms with Crippen molar-refractivity contribution in [2.24, 2.45) is 40.4 Å². The van der Waals surface area contributed by atoms with Crippen LogP contribution in [0, 0.1) is 40.4 Å². The molecule has 96 heavy (non-hydrogen) atoms. The van der Waals surface area contributed by atoms with Crippen LogP contribution in [0.1, 0.15) is 110 Å². The average molecular weight is 1380 g/mol. The summed E-state index contributed by atoms with van der Waals surface area (Å²) in [5.74, 6) is -3.54. The van der Waals surface area contributed by atoms with E-state index in [1.807, 2.05) is 20.8 Å². The highest BCUT2D eigenvalue weighted by atomic mass is 16.8. The number of fused-ring (bicyclic) bond motifs is 5. The number of aliphatic hydroxyl groups is 14. The Balaban J connectivity index is 0.830. The first-order valence-corrected chi connectivity index (χ1v) is 33.2. The third kappa shape index (κ3) is 14.4. The Labute approximate surface area is 554 Å². The molecule has 32 unspecified atom stereocenters. The number of aliphatic hydroxyl groups excluding tert-OH is 13. The second-order valence-corrected chi connectivity index (χ2v) is 28.3. The second-order valence-electron chi connectivity index (χ2n) is 28.3. The van der Waals surface area contributed by atoms with Crippen LogP contribution in [0.5, 0.6) is 11.5 Å². The maximum Gasteiger partial charge on any atom is 0.338 e. The van der Waals surface area contributed by atoms with Crippen molar-refractivity contribution in [2.75, 3.05) is 40.1 Å². The molecule has 5 aliphatic heterocycles. The van der Waals surface area contributed by atoms with E-state index in [9.17, 15) is 91.0 Å². The minimum absolute atomic E-state index is 0.0347. The van der Waals surface area contributed by atoms with Crippen LogP contribution in [0.15, 0.2) is 29.8 Å². The van der Waals surface area contributed by atoms with Gasteiger partial charge < -0.3 is 138 Å². The summed E-state index contributed by atoms with van der Waals surface area (Å²) in [6.07, 6.45) is -34.2. The highest BCUT2D eigenvalue weighted by Gasteiger charge is 2.71. The summed E-state index contributed by atoms with van der Waals surface area (Å²) in [6.45, 7) is 7.76. The number of hydrogen-bond acceptors (Lipinski definition) is 31. The van der Waals surface area contributed by atoms with Crippen LogP contribution in [0.4, 0.5) is 0 Å². The molecule has 0 aromatic heterocycles. The molecule has 32 atom stereocenters. The molecular weight excluding hydrogens is 1280 g/mol. The van der Waals surface area contributed by atoms with E-state index in [1.54, 1.807) is 6.92 Å². The van der Waals surface area contributed by atoms with Gasteiger partial charge in [-0.05, 0) is 98.7 Å². The Morgan fingerprint density at radius 3 is 1.92 bits per heavy atom. The zero-order valence-electron chi connectivity index (χ0n) is 54.8. The number of phenols is 1. The van der Waals surface area contributed by atoms with Gasteiger partial charge in [0.2, 0.25) is 0 Å². The van der Waals surface area contributed by atoms with E-state index in [0.717, 1.165) is 12.5 Å². The number of hydrogen-bond donors (Lipinski definition) is 15. The molecule has 0 spiro atoms. The lowest BCUT2D eigenvalue weighted by Crippen LogP contribution is -2.65. The van der Waals surface area contributed by atoms with Crippen LogP contribution in [0.3, 0.4) is 0 Å². The molecular formula is C65H98O31. The predicted molar refractivity (Wildman–Crippen MR) is 321 cm³/mol. The minimum atomic E-state index is -1.92. The maximum absolute atomic E-state index is 14.5. The van der Waals surface area contributed by atoms with Gasteiger partial charge in [-0.25, -0.2) is 4.79 Å². The fourth-order valence-electron chi connectivity index (χ4n) is 16.5. The molecule has 4 aliphatic carbocycles. The number of esters is 2. The number of methoxy groups -OCH3 is 1. The van der Waals surface area contributed by atoms with Gasteiger partial charge in [0.05, 0.1) is 57.9 Å². The summed E-state index contributed by atoms with van der Waals surface area (Å²) in [5.41, 5.74) is -2.28. The molecule has 31 heteroatoms. The molecule has 544 valence electrons. The molecule has 8 fully saturated rings. The Kier molecular flexibility index (Phi) is 23.7. The number of aromatic hydroxyl groups is 1. The normalized spacial score (nSPS) is 46.0. The lowest BCUT2D eigenvalue weighted by molar-refractivity contribution is -0.365. The predicted octanol–water partition coefficient (Wildman–Crippen LogP) is -2.80. The SMILES string of the molecule is COc1cc(C(=O)OC2C(OC3C(O)COC(OC4CC5C6CC=C7CC(OC8OC(COC9OC(CO)C(OC%10OC(CO)C(O)C(O)C%10O)C(O)C9O)C(O)C(O)C8O)CCC7(C)C6CCC5(C)C4(O)C(C)C(=O)CCC(C)C)C3OC(C)=O)OCC(O)C2O)ccc1O. The fraction of sp³-hybridized carbons (Fsp3) is 0.831. The molecule has 0 amide bonds. The highest BCUT2D eigenvalue weighted by molar-refractivity contribution is 5.90. The number of ketones is 1. The van der Waals surface area contributed by atoms with Gasteiger partial charge in [0.1, 0.15) is 109 Å². The Morgan fingerprint density at radius 2 is 1.26 bits per heavy atom. The quantitative estimate of drug-likeness (QED) is 0.0412. The number of benzene rings is 1. The molecule has 5 heterocycles. The van der Waals surface area contributed by atoms with Crippen molar-refractivity contribution >= 4 is 17.7 Å². The minimum Gasteiger partial charge on any atom is -0.504 e. The van der Waals surface area contributed by atoms with Gasteiger partial charge in [-0.15, -0.1) is 0 Å². The third-order valence-electron chi connectivity index (χ3n) is 22.2. The van der Waals surface area contributed by atoms with Crippen molar-refractivity contribution in [1.29, 1.82) is 0 Å². The summed E-state index contributed by atoms with van der Waals surface area (Å²) in [7, 11) is 1.27. The summed E-state index contributed by atoms with van der Waals surface area (Å²) in [6, 6.07) is 3.62. The van der Waals surface area contributed by atoms with Gasteiger partial charge in [0.15, 0.2) is 55.2 Å². The van der Waals surface area contributed by atoms with Gasteiger partial charge in [-0.2, -0.15) is 0 Å². The monoisotopic (exact) mass is 1370 g/mol. The lowest BCUT2D eigenvalue weighted by Gasteiger charge is -2.59. The maximum atomic E-state index is 14.5. The van der Waals surface area contributed by atoms with E-state index >= 15 is 0 Å². The summed E-state index contributed by atoms with van der Waals surface area (Å²) in [5, 5.41) is 164. The first kappa shape index (κ1) is 74.9. The van der Waals surface area contributed by atoms with Crippen LogP contribution in [-0.4, -0.2) is 294 Å². The van der Waals surface area contributed by atoms with Gasteiger partial charge >= 0.3 is 11.9 Å². The van der Waals surface area contributed by atoms with E-state index < -0.39 is 221 Å². The first-order chi connectivity index (χ1) is 45.4. The Morgan fingerprint density at radius 1 is 0.646 bits per heavy atom. The van der Waals surface area contributed by atoms with Crippen LogP contribution in [0.25, 0.3) is 0 Å². The molecule has 3 saturated carbocycles. The number of phenolic OH excluding ortho intramolecular Hbond substituents is 1. The lowest BCUT2D eigenvalue weighted by atomic mass is 9.46. The van der Waals surface area contributed by atoms with Crippen LogP contribution < -0.4 is 4.74 Å². The standard InChI is InChI=1S/C65H98O31/c1-26(2)8-12-35(69)27(3)65(83)43(93-62-56(88-28(4)68)53(38(72)24-86-62)95-61-55(44(73)37(71)23-85-61)94-57(82)29-9-13-36(70)39(18-29)84-7)20-34-32-11-10-30-19-31(14-16-63(30,5)33(32)15-17-64(34,65)6)89-59-50(79)48(77)46(75)42(92-59)25-87-58-52(81)49(78)54(41(22-67)91-58)96-60-51(80)47(76)45(74)40(21-66)90-60/h9-10,13,18,26-27,31-34,37-38,40-56,58-62,66-67,70-81,83H,8,11-12,14-17,19-25H2,1-7H3. The molecule has 9 aliphatic rings. The first-order valence-electron chi connectivity index (χ1n) is 33.2. The van der Waals surface area contributed by atoms with Crippen molar-refractivity contribution in [3.8, 4) is 11.5 Å². The number of Topliss-reactive ketones (excluding diaryl/α,β-unsaturated/α-hetero) is 1. The smallest absolute Gasteiger partial charge is 0.338 e. The third-order valence-corrected chi connectivity index (χ3v) is 22.2. The molecule has 15 N–H and O–H groups in total. The topological polar surface area (TPSA) is 475 Å². The van der Waals surface area contributed by atoms with Crippen molar-refractivity contribution in [3.63, 3.8) is 0 Å². The number of allylic oxidation sites excluding steroid dienone is 1. The molecule has 0 radical (unpaired) electrons. The van der Waals surface area contributed by atoms with Crippen molar-refractivity contribution in [3.05, 3.63) is 35.4 Å². The number of carbonyl (C=O) groups excluding carboxylic acids is 3. The summed E-state index contributed by atoms with van der Waals surface area (Å²) in [4.78, 5) is 41.2. The van der Waals surface area contributed by atoms with Crippen LogP contribution in [-0.2, 0) is 66.4 Å². The van der Waals surface area contributed by atoms with Crippen LogP contribution in [0.2, 0.25) is 0 Å². The van der Waals surface area contributed by atoms with Gasteiger partial charge in [-0.3, -0.25) is 9.59 Å². The number of rotatable bonds is 22. The number of carbonyl (C=O) groups is 3. The van der Waals surface area contributed by atoms with E-state index in [1.165, 1.54) is 25.3 Å². The molecule has 0 bridgehead atoms. The van der Waals surface area contributed by atoms with E-state index in [2.05, 4.69) is 13.0 Å². The fourth-order valence-corrected chi connectivity index (χ4v) is 16.5. The molecule has 1 aromatic carbocycles. The molecule has 5 saturated heterocycles. The average Bonchev–Trinajstić information content (AvgIpc) is 1.49. The van der Waals surface area contributed by atoms with Crippen molar-refractivity contribution in [1.82, 2.24) is 0 Å². The van der Waals surface area contributed by atoms with Gasteiger partial charge in [-0.1, -0.05) is 46.3 Å². The van der Waals surface area contributed by atoms with Crippen LogP contribution >= 0.6 is 0 Å².